The van der Waals surface area contributed by atoms with E-state index in [-0.39, 0.29) is 23.8 Å². The molecule has 28 heavy (non-hydrogen) atoms. The highest BCUT2D eigenvalue weighted by Crippen LogP contribution is 2.19. The van der Waals surface area contributed by atoms with E-state index in [4.69, 9.17) is 5.11 Å². The summed E-state index contributed by atoms with van der Waals surface area (Å²) in [6.07, 6.45) is 1.40. The highest BCUT2D eigenvalue weighted by atomic mass is 32.2. The Morgan fingerprint density at radius 1 is 1.18 bits per heavy atom. The van der Waals surface area contributed by atoms with E-state index in [2.05, 4.69) is 17.2 Å². The van der Waals surface area contributed by atoms with Gasteiger partial charge in [0.1, 0.15) is 0 Å². The summed E-state index contributed by atoms with van der Waals surface area (Å²) in [5.41, 5.74) is 2.40. The van der Waals surface area contributed by atoms with Gasteiger partial charge in [0.2, 0.25) is 5.91 Å². The molecule has 0 saturated carbocycles. The molecule has 0 bridgehead atoms. The van der Waals surface area contributed by atoms with E-state index >= 15 is 0 Å². The van der Waals surface area contributed by atoms with Gasteiger partial charge < -0.3 is 10.4 Å². The number of aryl methyl sites for hydroxylation is 1. The summed E-state index contributed by atoms with van der Waals surface area (Å²) in [5.74, 6) is -0.0234. The minimum Gasteiger partial charge on any atom is -0.396 e. The maximum atomic E-state index is 12.8. The van der Waals surface area contributed by atoms with Gasteiger partial charge in [-0.25, -0.2) is 4.98 Å². The quantitative estimate of drug-likeness (QED) is 0.451. The molecule has 0 aliphatic rings. The second kappa shape index (κ2) is 9.52. The number of thioether (sulfide) groups is 1. The number of fused-ring (bicyclic) bond motifs is 1. The fraction of sp³-hybridized carbons (Fsp3) is 0.286. The maximum absolute atomic E-state index is 12.8. The first-order chi connectivity index (χ1) is 13.6. The van der Waals surface area contributed by atoms with Gasteiger partial charge in [0.25, 0.3) is 5.56 Å². The van der Waals surface area contributed by atoms with Crippen LogP contribution in [0.3, 0.4) is 0 Å². The van der Waals surface area contributed by atoms with Gasteiger partial charge in [-0.2, -0.15) is 0 Å². The number of hydrogen-bond acceptors (Lipinski definition) is 5. The molecule has 2 aromatic carbocycles. The van der Waals surface area contributed by atoms with Crippen LogP contribution in [0.4, 0.5) is 5.69 Å². The average molecular weight is 398 g/mol. The Bertz CT molecular complexity index is 1020. The van der Waals surface area contributed by atoms with Gasteiger partial charge in [-0.1, -0.05) is 43.0 Å². The van der Waals surface area contributed by atoms with Crippen LogP contribution < -0.4 is 10.9 Å². The molecule has 3 aromatic rings. The number of aliphatic hydroxyl groups is 1. The van der Waals surface area contributed by atoms with Gasteiger partial charge in [0, 0.05) is 18.8 Å². The Balaban J connectivity index is 1.76. The zero-order valence-corrected chi connectivity index (χ0v) is 16.5. The number of para-hydroxylation sites is 1. The first kappa shape index (κ1) is 20.1. The number of rotatable bonds is 8. The van der Waals surface area contributed by atoms with Gasteiger partial charge in [0.05, 0.1) is 16.7 Å². The number of benzene rings is 2. The molecule has 6 nitrogen and oxygen atoms in total. The maximum Gasteiger partial charge on any atom is 0.262 e. The van der Waals surface area contributed by atoms with Crippen molar-refractivity contribution < 1.29 is 9.90 Å². The summed E-state index contributed by atoms with van der Waals surface area (Å²) < 4.78 is 1.53. The lowest BCUT2D eigenvalue weighted by Crippen LogP contribution is -2.24. The Hall–Kier alpha value is -2.64. The molecule has 0 radical (unpaired) electrons. The Kier molecular flexibility index (Phi) is 6.84. The third-order valence-electron chi connectivity index (χ3n) is 4.34. The third kappa shape index (κ3) is 4.79. The van der Waals surface area contributed by atoms with Crippen LogP contribution in [0.2, 0.25) is 0 Å². The van der Waals surface area contributed by atoms with Crippen molar-refractivity contribution in [2.24, 2.45) is 0 Å². The zero-order valence-electron chi connectivity index (χ0n) is 15.7. The van der Waals surface area contributed by atoms with Crippen molar-refractivity contribution in [3.63, 3.8) is 0 Å². The highest BCUT2D eigenvalue weighted by Gasteiger charge is 2.13. The van der Waals surface area contributed by atoms with Crippen molar-refractivity contribution >= 4 is 34.3 Å². The summed E-state index contributed by atoms with van der Waals surface area (Å²) in [5, 5.41) is 13.0. The summed E-state index contributed by atoms with van der Waals surface area (Å²) in [6, 6.07) is 14.9. The van der Waals surface area contributed by atoms with Crippen LogP contribution in [0, 0.1) is 0 Å². The second-order valence-electron chi connectivity index (χ2n) is 6.33. The molecule has 0 spiro atoms. The Labute approximate surface area is 167 Å². The fourth-order valence-electron chi connectivity index (χ4n) is 2.83. The number of nitrogens with one attached hydrogen (secondary N) is 1. The SMILES string of the molecule is CCc1ccc(NC(=O)CSc2nc3ccccc3c(=O)n2CCCO)cc1. The molecule has 0 fully saturated rings. The molecule has 0 unspecified atom stereocenters. The summed E-state index contributed by atoms with van der Waals surface area (Å²) in [4.78, 5) is 29.7. The molecule has 0 atom stereocenters. The first-order valence-corrected chi connectivity index (χ1v) is 10.2. The van der Waals surface area contributed by atoms with Crippen LogP contribution in [0.15, 0.2) is 58.5 Å². The Morgan fingerprint density at radius 2 is 1.93 bits per heavy atom. The largest absolute Gasteiger partial charge is 0.396 e. The molecule has 0 aliphatic heterocycles. The van der Waals surface area contributed by atoms with Crippen molar-refractivity contribution in [2.45, 2.75) is 31.5 Å². The van der Waals surface area contributed by atoms with E-state index in [1.807, 2.05) is 30.3 Å². The van der Waals surface area contributed by atoms with E-state index < -0.39 is 0 Å². The summed E-state index contributed by atoms with van der Waals surface area (Å²) in [6.45, 7) is 2.42. The second-order valence-corrected chi connectivity index (χ2v) is 7.28. The lowest BCUT2D eigenvalue weighted by molar-refractivity contribution is -0.113. The number of aromatic nitrogens is 2. The van der Waals surface area contributed by atoms with Crippen molar-refractivity contribution in [3.05, 3.63) is 64.4 Å². The number of carbonyl (C=O) groups excluding carboxylic acids is 1. The molecule has 2 N–H and O–H groups in total. The van der Waals surface area contributed by atoms with Crippen LogP contribution in [-0.2, 0) is 17.8 Å². The molecule has 0 saturated heterocycles. The van der Waals surface area contributed by atoms with Gasteiger partial charge in [-0.3, -0.25) is 14.2 Å². The van der Waals surface area contributed by atoms with Crippen LogP contribution in [0.25, 0.3) is 10.9 Å². The van der Waals surface area contributed by atoms with Gasteiger partial charge >= 0.3 is 0 Å². The highest BCUT2D eigenvalue weighted by molar-refractivity contribution is 7.99. The number of carbonyl (C=O) groups is 1. The number of nitrogens with zero attached hydrogens (tertiary/aromatic N) is 2. The van der Waals surface area contributed by atoms with E-state index in [0.717, 1.165) is 12.1 Å². The molecule has 1 aromatic heterocycles. The predicted octanol–water partition coefficient (Wildman–Crippen LogP) is 3.07. The molecule has 1 heterocycles. The minimum atomic E-state index is -0.162. The topological polar surface area (TPSA) is 84.2 Å². The minimum absolute atomic E-state index is 0.0163. The van der Waals surface area contributed by atoms with Crippen LogP contribution >= 0.6 is 11.8 Å². The molecule has 1 amide bonds. The third-order valence-corrected chi connectivity index (χ3v) is 5.32. The molecule has 0 aliphatic carbocycles. The smallest absolute Gasteiger partial charge is 0.262 e. The molecular weight excluding hydrogens is 374 g/mol. The van der Waals surface area contributed by atoms with Gasteiger partial charge in [-0.15, -0.1) is 0 Å². The lowest BCUT2D eigenvalue weighted by atomic mass is 10.1. The number of aliphatic hydroxyl groups excluding tert-OH is 1. The normalized spacial score (nSPS) is 10.9. The van der Waals surface area contributed by atoms with Crippen molar-refractivity contribution in [2.75, 3.05) is 17.7 Å². The monoisotopic (exact) mass is 397 g/mol. The lowest BCUT2D eigenvalue weighted by Gasteiger charge is -2.12. The molecule has 146 valence electrons. The van der Waals surface area contributed by atoms with Gasteiger partial charge in [0.15, 0.2) is 5.16 Å². The fourth-order valence-corrected chi connectivity index (χ4v) is 3.66. The summed E-state index contributed by atoms with van der Waals surface area (Å²) >= 11 is 1.22. The van der Waals surface area contributed by atoms with Gasteiger partial charge in [-0.05, 0) is 42.7 Å². The van der Waals surface area contributed by atoms with E-state index in [1.54, 1.807) is 18.2 Å². The standard InChI is InChI=1S/C21H23N3O3S/c1-2-15-8-10-16(11-9-15)22-19(26)14-28-21-23-18-7-4-3-6-17(18)20(27)24(21)12-5-13-25/h3-4,6-11,25H,2,5,12-14H2,1H3,(H,22,26). The number of hydrogen-bond donors (Lipinski definition) is 2. The van der Waals surface area contributed by atoms with E-state index in [0.29, 0.717) is 29.0 Å². The number of amides is 1. The predicted molar refractivity (Wildman–Crippen MR) is 113 cm³/mol. The molecular formula is C21H23N3O3S. The van der Waals surface area contributed by atoms with E-state index in [9.17, 15) is 9.59 Å². The molecule has 3 rings (SSSR count). The average Bonchev–Trinajstić information content (AvgIpc) is 2.72. The van der Waals surface area contributed by atoms with Crippen molar-refractivity contribution in [1.29, 1.82) is 0 Å². The molecule has 7 heteroatoms. The van der Waals surface area contributed by atoms with Crippen molar-refractivity contribution in [3.8, 4) is 0 Å². The van der Waals surface area contributed by atoms with E-state index in [1.165, 1.54) is 21.9 Å². The summed E-state index contributed by atoms with van der Waals surface area (Å²) in [7, 11) is 0. The first-order valence-electron chi connectivity index (χ1n) is 9.24. The zero-order chi connectivity index (χ0) is 19.9. The number of anilines is 1. The van der Waals surface area contributed by atoms with Crippen LogP contribution in [0.5, 0.6) is 0 Å². The van der Waals surface area contributed by atoms with Crippen LogP contribution in [-0.4, -0.2) is 32.9 Å². The van der Waals surface area contributed by atoms with Crippen molar-refractivity contribution in [1.82, 2.24) is 9.55 Å². The van der Waals surface area contributed by atoms with Crippen LogP contribution in [0.1, 0.15) is 18.9 Å². The Morgan fingerprint density at radius 3 is 2.64 bits per heavy atom.